The number of imidazole rings is 1. The van der Waals surface area contributed by atoms with Crippen LogP contribution < -0.4 is 5.73 Å². The highest BCUT2D eigenvalue weighted by atomic mass is 16.5. The number of nitrogens with two attached hydrogens (primary N) is 1. The molecule has 0 aromatic carbocycles. The molecule has 2 heterocycles. The van der Waals surface area contributed by atoms with E-state index in [9.17, 15) is 0 Å². The molecule has 2 aromatic rings. The summed E-state index contributed by atoms with van der Waals surface area (Å²) in [7, 11) is 1.63. The van der Waals surface area contributed by atoms with E-state index in [0.717, 1.165) is 0 Å². The topological polar surface area (TPSA) is 78.9 Å². The second-order valence-electron chi connectivity index (χ2n) is 2.92. The highest BCUT2D eigenvalue weighted by Crippen LogP contribution is 2.18. The van der Waals surface area contributed by atoms with Crippen molar-refractivity contribution >= 4 is 17.0 Å². The van der Waals surface area contributed by atoms with Gasteiger partial charge in [-0.3, -0.25) is 4.57 Å². The summed E-state index contributed by atoms with van der Waals surface area (Å²) in [6.45, 7) is 1.90. The van der Waals surface area contributed by atoms with Crippen molar-refractivity contribution in [3.63, 3.8) is 0 Å². The smallest absolute Gasteiger partial charge is 0.167 e. The minimum absolute atomic E-state index is 0.116. The van der Waals surface area contributed by atoms with Crippen LogP contribution in [0, 0.1) is 0 Å². The van der Waals surface area contributed by atoms with Crippen molar-refractivity contribution in [1.29, 1.82) is 0 Å². The molecule has 0 saturated carbocycles. The van der Waals surface area contributed by atoms with Crippen molar-refractivity contribution in [1.82, 2.24) is 19.5 Å². The van der Waals surface area contributed by atoms with Gasteiger partial charge in [-0.1, -0.05) is 0 Å². The van der Waals surface area contributed by atoms with Crippen molar-refractivity contribution < 1.29 is 4.74 Å². The van der Waals surface area contributed by atoms with Gasteiger partial charge in [0.15, 0.2) is 11.5 Å². The van der Waals surface area contributed by atoms with Crippen LogP contribution in [-0.2, 0) is 4.74 Å². The zero-order chi connectivity index (χ0) is 10.1. The number of nitrogens with zero attached hydrogens (tertiary/aromatic N) is 4. The summed E-state index contributed by atoms with van der Waals surface area (Å²) >= 11 is 0. The Hall–Kier alpha value is -1.69. The normalized spacial score (nSPS) is 13.3. The third kappa shape index (κ3) is 1.20. The number of nitrogen functional groups attached to an aromatic ring is 1. The van der Waals surface area contributed by atoms with E-state index in [1.165, 1.54) is 6.33 Å². The van der Waals surface area contributed by atoms with E-state index < -0.39 is 0 Å². The second kappa shape index (κ2) is 3.22. The van der Waals surface area contributed by atoms with E-state index in [1.807, 2.05) is 6.92 Å². The van der Waals surface area contributed by atoms with Crippen LogP contribution >= 0.6 is 0 Å². The molecule has 6 nitrogen and oxygen atoms in total. The molecule has 2 rings (SSSR count). The molecule has 74 valence electrons. The van der Waals surface area contributed by atoms with Crippen LogP contribution in [0.4, 0.5) is 5.82 Å². The number of hydrogen-bond donors (Lipinski definition) is 1. The molecular weight excluding hydrogens is 182 g/mol. The molecule has 0 spiro atoms. The number of rotatable bonds is 2. The molecular formula is C8H11N5O. The van der Waals surface area contributed by atoms with Gasteiger partial charge in [-0.05, 0) is 6.92 Å². The fraction of sp³-hybridized carbons (Fsp3) is 0.375. The van der Waals surface area contributed by atoms with E-state index >= 15 is 0 Å². The Morgan fingerprint density at radius 2 is 2.21 bits per heavy atom. The second-order valence-corrected chi connectivity index (χ2v) is 2.92. The molecule has 2 N–H and O–H groups in total. The van der Waals surface area contributed by atoms with E-state index in [0.29, 0.717) is 17.0 Å². The minimum Gasteiger partial charge on any atom is -0.382 e. The molecule has 1 atom stereocenters. The van der Waals surface area contributed by atoms with Crippen molar-refractivity contribution in [2.45, 2.75) is 13.2 Å². The SMILES string of the molecule is COC(C)n1cnc2c(N)ncnc21. The minimum atomic E-state index is -0.116. The quantitative estimate of drug-likeness (QED) is 0.754. The summed E-state index contributed by atoms with van der Waals surface area (Å²) in [4.78, 5) is 12.1. The average molecular weight is 193 g/mol. The molecule has 0 bridgehead atoms. The first-order valence-electron chi connectivity index (χ1n) is 4.20. The fourth-order valence-corrected chi connectivity index (χ4v) is 1.25. The summed E-state index contributed by atoms with van der Waals surface area (Å²) in [6, 6.07) is 0. The number of anilines is 1. The van der Waals surface area contributed by atoms with Gasteiger partial charge >= 0.3 is 0 Å². The highest BCUT2D eigenvalue weighted by molar-refractivity contribution is 5.81. The van der Waals surface area contributed by atoms with Crippen LogP contribution in [0.25, 0.3) is 11.2 Å². The third-order valence-corrected chi connectivity index (χ3v) is 2.12. The lowest BCUT2D eigenvalue weighted by atomic mass is 10.5. The monoisotopic (exact) mass is 193 g/mol. The Labute approximate surface area is 80.7 Å². The Morgan fingerprint density at radius 1 is 1.43 bits per heavy atom. The summed E-state index contributed by atoms with van der Waals surface area (Å²) in [5, 5.41) is 0. The Kier molecular flexibility index (Phi) is 2.05. The standard InChI is InChI=1S/C8H11N5O/c1-5(14-2)13-4-12-6-7(9)10-3-11-8(6)13/h3-5H,1-2H3,(H2,9,10,11). The van der Waals surface area contributed by atoms with Gasteiger partial charge in [0, 0.05) is 7.11 Å². The van der Waals surface area contributed by atoms with Gasteiger partial charge in [0.05, 0.1) is 6.33 Å². The lowest BCUT2D eigenvalue weighted by Gasteiger charge is -2.10. The van der Waals surface area contributed by atoms with Gasteiger partial charge in [0.1, 0.15) is 18.1 Å². The Balaban J connectivity index is 2.63. The summed E-state index contributed by atoms with van der Waals surface area (Å²) in [5.74, 6) is 0.386. The van der Waals surface area contributed by atoms with Crippen LogP contribution in [-0.4, -0.2) is 26.6 Å². The summed E-state index contributed by atoms with van der Waals surface area (Å²) in [5.41, 5.74) is 6.94. The molecule has 0 aliphatic heterocycles. The molecule has 0 aliphatic carbocycles. The maximum atomic E-state index is 5.64. The predicted molar refractivity (Wildman–Crippen MR) is 51.5 cm³/mol. The van der Waals surface area contributed by atoms with Gasteiger partial charge in [0.2, 0.25) is 0 Å². The zero-order valence-corrected chi connectivity index (χ0v) is 8.01. The molecule has 0 fully saturated rings. The number of fused-ring (bicyclic) bond motifs is 1. The van der Waals surface area contributed by atoms with Crippen molar-refractivity contribution in [2.75, 3.05) is 12.8 Å². The lowest BCUT2D eigenvalue weighted by Crippen LogP contribution is -2.06. The van der Waals surface area contributed by atoms with Gasteiger partial charge in [-0.25, -0.2) is 15.0 Å². The maximum absolute atomic E-state index is 5.64. The first-order chi connectivity index (χ1) is 6.74. The van der Waals surface area contributed by atoms with E-state index in [1.54, 1.807) is 18.0 Å². The maximum Gasteiger partial charge on any atom is 0.167 e. The van der Waals surface area contributed by atoms with Crippen molar-refractivity contribution in [2.24, 2.45) is 0 Å². The molecule has 2 aromatic heterocycles. The van der Waals surface area contributed by atoms with E-state index in [4.69, 9.17) is 10.5 Å². The summed E-state index contributed by atoms with van der Waals surface area (Å²) in [6.07, 6.45) is 2.94. The summed E-state index contributed by atoms with van der Waals surface area (Å²) < 4.78 is 6.96. The van der Waals surface area contributed by atoms with Gasteiger partial charge in [-0.2, -0.15) is 0 Å². The van der Waals surface area contributed by atoms with Crippen molar-refractivity contribution in [3.05, 3.63) is 12.7 Å². The lowest BCUT2D eigenvalue weighted by molar-refractivity contribution is 0.0633. The predicted octanol–water partition coefficient (Wildman–Crippen LogP) is 0.573. The van der Waals surface area contributed by atoms with Gasteiger partial charge in [0.25, 0.3) is 0 Å². The van der Waals surface area contributed by atoms with Gasteiger partial charge < -0.3 is 10.5 Å². The molecule has 0 aliphatic rings. The fourth-order valence-electron chi connectivity index (χ4n) is 1.25. The molecule has 6 heteroatoms. The van der Waals surface area contributed by atoms with E-state index in [2.05, 4.69) is 15.0 Å². The largest absolute Gasteiger partial charge is 0.382 e. The number of ether oxygens (including phenoxy) is 1. The molecule has 0 radical (unpaired) electrons. The van der Waals surface area contributed by atoms with Crippen LogP contribution in [0.15, 0.2) is 12.7 Å². The first kappa shape index (κ1) is 8.89. The Morgan fingerprint density at radius 3 is 2.93 bits per heavy atom. The van der Waals surface area contributed by atoms with Crippen LogP contribution in [0.2, 0.25) is 0 Å². The molecule has 1 unspecified atom stereocenters. The number of hydrogen-bond acceptors (Lipinski definition) is 5. The highest BCUT2D eigenvalue weighted by Gasteiger charge is 2.11. The van der Waals surface area contributed by atoms with Crippen molar-refractivity contribution in [3.8, 4) is 0 Å². The van der Waals surface area contributed by atoms with Crippen LogP contribution in [0.5, 0.6) is 0 Å². The van der Waals surface area contributed by atoms with Gasteiger partial charge in [-0.15, -0.1) is 0 Å². The zero-order valence-electron chi connectivity index (χ0n) is 8.01. The number of methoxy groups -OCH3 is 1. The first-order valence-corrected chi connectivity index (χ1v) is 4.20. The molecule has 14 heavy (non-hydrogen) atoms. The third-order valence-electron chi connectivity index (χ3n) is 2.12. The van der Waals surface area contributed by atoms with E-state index in [-0.39, 0.29) is 6.23 Å². The Bertz CT molecular complexity index is 452. The molecule has 0 amide bonds. The van der Waals surface area contributed by atoms with Crippen LogP contribution in [0.1, 0.15) is 13.2 Å². The molecule has 0 saturated heterocycles. The number of aromatic nitrogens is 4. The van der Waals surface area contributed by atoms with Crippen LogP contribution in [0.3, 0.4) is 0 Å². The average Bonchev–Trinajstić information content (AvgIpc) is 2.62.